The van der Waals surface area contributed by atoms with E-state index in [9.17, 15) is 9.59 Å². The van der Waals surface area contributed by atoms with Crippen LogP contribution in [0, 0.1) is 13.8 Å². The highest BCUT2D eigenvalue weighted by molar-refractivity contribution is 5.77. The molecule has 2 aromatic heterocycles. The molecular weight excluding hydrogens is 206 g/mol. The zero-order valence-corrected chi connectivity index (χ0v) is 9.02. The molecule has 0 aliphatic carbocycles. The minimum Gasteiger partial charge on any atom is -0.301 e. The van der Waals surface area contributed by atoms with Gasteiger partial charge in [-0.15, -0.1) is 0 Å². The van der Waals surface area contributed by atoms with Gasteiger partial charge in [0, 0.05) is 23.0 Å². The van der Waals surface area contributed by atoms with Crippen LogP contribution in [-0.4, -0.2) is 21.1 Å². The predicted octanol–water partition coefficient (Wildman–Crippen LogP) is 0.990. The first-order valence-electron chi connectivity index (χ1n) is 4.83. The van der Waals surface area contributed by atoms with Crippen LogP contribution in [0.3, 0.4) is 0 Å². The molecule has 0 spiro atoms. The van der Waals surface area contributed by atoms with Gasteiger partial charge in [-0.3, -0.25) is 9.59 Å². The number of carbonyl (C=O) groups excluding carboxylic acids is 1. The third-order valence-corrected chi connectivity index (χ3v) is 2.49. The number of nitrogens with one attached hydrogen (secondary N) is 1. The van der Waals surface area contributed by atoms with Crippen molar-refractivity contribution < 1.29 is 4.79 Å². The second kappa shape index (κ2) is 3.77. The summed E-state index contributed by atoms with van der Waals surface area (Å²) in [6.07, 6.45) is 0.810. The topological polar surface area (TPSA) is 67.8 Å². The zero-order valence-electron chi connectivity index (χ0n) is 9.02. The smallest absolute Gasteiger partial charge is 0.264 e. The number of aromatic amines is 1. The molecule has 0 aromatic carbocycles. The summed E-state index contributed by atoms with van der Waals surface area (Å²) < 4.78 is 1.82. The lowest BCUT2D eigenvalue weighted by molar-refractivity contribution is 0.112. The molecule has 0 radical (unpaired) electrons. The third kappa shape index (κ3) is 1.56. The van der Waals surface area contributed by atoms with E-state index < -0.39 is 0 Å². The molecule has 0 unspecified atom stereocenters. The second-order valence-corrected chi connectivity index (χ2v) is 3.56. The first-order valence-corrected chi connectivity index (χ1v) is 4.83. The van der Waals surface area contributed by atoms with E-state index in [0.29, 0.717) is 11.4 Å². The highest BCUT2D eigenvalue weighted by Crippen LogP contribution is 2.16. The maximum Gasteiger partial charge on any atom is 0.264 e. The van der Waals surface area contributed by atoms with Crippen molar-refractivity contribution in [2.75, 3.05) is 0 Å². The molecule has 2 heterocycles. The summed E-state index contributed by atoms with van der Waals surface area (Å²) in [5, 5.41) is 6.29. The first kappa shape index (κ1) is 10.4. The maximum atomic E-state index is 10.9. The number of aromatic nitrogens is 3. The van der Waals surface area contributed by atoms with Crippen LogP contribution in [0.25, 0.3) is 5.82 Å². The number of hydrogen-bond acceptors (Lipinski definition) is 3. The molecule has 5 heteroatoms. The van der Waals surface area contributed by atoms with E-state index in [1.807, 2.05) is 18.4 Å². The Hall–Kier alpha value is -2.17. The van der Waals surface area contributed by atoms with Gasteiger partial charge in [0.2, 0.25) is 0 Å². The fourth-order valence-corrected chi connectivity index (χ4v) is 1.72. The zero-order chi connectivity index (χ0) is 11.7. The molecule has 5 nitrogen and oxygen atoms in total. The van der Waals surface area contributed by atoms with E-state index in [0.717, 1.165) is 17.7 Å². The van der Waals surface area contributed by atoms with Crippen LogP contribution in [0.15, 0.2) is 23.0 Å². The summed E-state index contributed by atoms with van der Waals surface area (Å²) in [7, 11) is 0. The largest absolute Gasteiger partial charge is 0.301 e. The highest BCUT2D eigenvalue weighted by atomic mass is 16.1. The van der Waals surface area contributed by atoms with E-state index >= 15 is 0 Å². The Morgan fingerprint density at radius 2 is 2.12 bits per heavy atom. The van der Waals surface area contributed by atoms with Crippen LogP contribution < -0.4 is 5.56 Å². The molecule has 1 N–H and O–H groups in total. The van der Waals surface area contributed by atoms with E-state index in [-0.39, 0.29) is 5.56 Å². The summed E-state index contributed by atoms with van der Waals surface area (Å²) in [5.74, 6) is 0.600. The lowest BCUT2D eigenvalue weighted by Crippen LogP contribution is -2.10. The van der Waals surface area contributed by atoms with Crippen LogP contribution in [0.1, 0.15) is 21.7 Å². The van der Waals surface area contributed by atoms with Gasteiger partial charge in [0.1, 0.15) is 0 Å². The molecule has 0 bridgehead atoms. The standard InChI is InChI=1S/C11H11N3O2/c1-7-5-9(6-15)8(2)14(7)10-3-4-11(16)13-12-10/h3-6H,1-2H3,(H,13,16). The number of aldehydes is 1. The fraction of sp³-hybridized carbons (Fsp3) is 0.182. The van der Waals surface area contributed by atoms with Crippen LogP contribution in [0.2, 0.25) is 0 Å². The van der Waals surface area contributed by atoms with Gasteiger partial charge >= 0.3 is 0 Å². The maximum absolute atomic E-state index is 10.9. The van der Waals surface area contributed by atoms with E-state index in [2.05, 4.69) is 10.2 Å². The van der Waals surface area contributed by atoms with Gasteiger partial charge in [0.15, 0.2) is 12.1 Å². The molecular formula is C11H11N3O2. The van der Waals surface area contributed by atoms with Crippen LogP contribution >= 0.6 is 0 Å². The number of hydrogen-bond donors (Lipinski definition) is 1. The van der Waals surface area contributed by atoms with Gasteiger partial charge in [0.05, 0.1) is 0 Å². The molecule has 0 amide bonds. The summed E-state index contributed by atoms with van der Waals surface area (Å²) >= 11 is 0. The molecule has 82 valence electrons. The van der Waals surface area contributed by atoms with Gasteiger partial charge in [-0.05, 0) is 26.0 Å². The van der Waals surface area contributed by atoms with E-state index in [1.54, 1.807) is 12.1 Å². The second-order valence-electron chi connectivity index (χ2n) is 3.56. The molecule has 0 fully saturated rings. The number of carbonyl (C=O) groups is 1. The van der Waals surface area contributed by atoms with Gasteiger partial charge < -0.3 is 4.57 Å². The highest BCUT2D eigenvalue weighted by Gasteiger charge is 2.10. The fourth-order valence-electron chi connectivity index (χ4n) is 1.72. The van der Waals surface area contributed by atoms with Gasteiger partial charge in [-0.1, -0.05) is 0 Å². The Morgan fingerprint density at radius 1 is 1.38 bits per heavy atom. The Morgan fingerprint density at radius 3 is 2.62 bits per heavy atom. The SMILES string of the molecule is Cc1cc(C=O)c(C)n1-c1ccc(=O)[nH]n1. The Kier molecular flexibility index (Phi) is 2.44. The molecule has 0 aliphatic heterocycles. The molecule has 0 aliphatic rings. The Balaban J connectivity index is 2.64. The van der Waals surface area contributed by atoms with Crippen molar-refractivity contribution in [2.24, 2.45) is 0 Å². The molecule has 16 heavy (non-hydrogen) atoms. The van der Waals surface area contributed by atoms with Crippen molar-refractivity contribution in [2.45, 2.75) is 13.8 Å². The van der Waals surface area contributed by atoms with Crippen molar-refractivity contribution in [1.82, 2.24) is 14.8 Å². The normalized spacial score (nSPS) is 10.4. The average molecular weight is 217 g/mol. The number of nitrogens with zero attached hydrogens (tertiary/aromatic N) is 2. The predicted molar refractivity (Wildman–Crippen MR) is 59.0 cm³/mol. The van der Waals surface area contributed by atoms with Crippen molar-refractivity contribution >= 4 is 6.29 Å². The van der Waals surface area contributed by atoms with Crippen molar-refractivity contribution in [1.29, 1.82) is 0 Å². The lowest BCUT2D eigenvalue weighted by atomic mass is 10.3. The average Bonchev–Trinajstić information content (AvgIpc) is 2.56. The van der Waals surface area contributed by atoms with Crippen LogP contribution in [0.5, 0.6) is 0 Å². The number of rotatable bonds is 2. The Labute approximate surface area is 91.7 Å². The van der Waals surface area contributed by atoms with Crippen molar-refractivity contribution in [3.63, 3.8) is 0 Å². The van der Waals surface area contributed by atoms with Gasteiger partial charge in [-0.2, -0.15) is 5.10 Å². The monoisotopic (exact) mass is 217 g/mol. The summed E-state index contributed by atoms with van der Waals surface area (Å²) in [5.41, 5.74) is 2.10. The minimum absolute atomic E-state index is 0.248. The van der Waals surface area contributed by atoms with Gasteiger partial charge in [-0.25, -0.2) is 5.10 Å². The quantitative estimate of drug-likeness (QED) is 0.763. The summed E-state index contributed by atoms with van der Waals surface area (Å²) in [4.78, 5) is 21.7. The van der Waals surface area contributed by atoms with E-state index in [4.69, 9.17) is 0 Å². The van der Waals surface area contributed by atoms with Crippen molar-refractivity contribution in [3.8, 4) is 5.82 Å². The number of H-pyrrole nitrogens is 1. The first-order chi connectivity index (χ1) is 7.63. The van der Waals surface area contributed by atoms with Gasteiger partial charge in [0.25, 0.3) is 5.56 Å². The van der Waals surface area contributed by atoms with Crippen molar-refractivity contribution in [3.05, 3.63) is 45.5 Å². The Bertz CT molecular complexity index is 575. The molecule has 2 rings (SSSR count). The van der Waals surface area contributed by atoms with E-state index in [1.165, 1.54) is 6.07 Å². The molecule has 0 atom stereocenters. The number of aryl methyl sites for hydroxylation is 1. The van der Waals surface area contributed by atoms with Crippen LogP contribution in [0.4, 0.5) is 0 Å². The summed E-state index contributed by atoms with van der Waals surface area (Å²) in [6, 6.07) is 4.81. The molecule has 0 saturated carbocycles. The lowest BCUT2D eigenvalue weighted by Gasteiger charge is -2.06. The minimum atomic E-state index is -0.248. The summed E-state index contributed by atoms with van der Waals surface area (Å²) in [6.45, 7) is 3.72. The third-order valence-electron chi connectivity index (χ3n) is 2.49. The molecule has 0 saturated heterocycles. The molecule has 2 aromatic rings. The van der Waals surface area contributed by atoms with Crippen LogP contribution in [-0.2, 0) is 0 Å².